The van der Waals surface area contributed by atoms with Gasteiger partial charge in [0.15, 0.2) is 0 Å². The lowest BCUT2D eigenvalue weighted by Gasteiger charge is -2.53. The second-order valence-corrected chi connectivity index (χ2v) is 11.7. The maximum Gasteiger partial charge on any atom is 0.309 e. The van der Waals surface area contributed by atoms with Gasteiger partial charge in [-0.2, -0.15) is 0 Å². The molecule has 2 aromatic rings. The number of benzene rings is 2. The van der Waals surface area contributed by atoms with Crippen molar-refractivity contribution in [3.05, 3.63) is 68.7 Å². The number of fused-ring (bicyclic) bond motifs is 3. The van der Waals surface area contributed by atoms with E-state index in [1.807, 2.05) is 31.2 Å². The largest absolute Gasteiger partial charge is 0.481 e. The third-order valence-electron chi connectivity index (χ3n) is 8.27. The maximum atomic E-state index is 12.5. The van der Waals surface area contributed by atoms with Crippen LogP contribution in [0.5, 0.6) is 0 Å². The predicted molar refractivity (Wildman–Crippen MR) is 143 cm³/mol. The highest BCUT2D eigenvalue weighted by Crippen LogP contribution is 2.59. The van der Waals surface area contributed by atoms with Gasteiger partial charge in [-0.15, -0.1) is 0 Å². The van der Waals surface area contributed by atoms with Gasteiger partial charge < -0.3 is 9.94 Å². The average molecular weight is 517 g/mol. The molecule has 0 radical (unpaired) electrons. The molecule has 0 amide bonds. The molecule has 1 fully saturated rings. The molecule has 1 N–H and O–H groups in total. The summed E-state index contributed by atoms with van der Waals surface area (Å²) in [6, 6.07) is 12.3. The number of nitrogens with zero attached hydrogens (tertiary/aromatic N) is 1. The predicted octanol–water partition coefficient (Wildman–Crippen LogP) is 8.02. The van der Waals surface area contributed by atoms with Gasteiger partial charge in [-0.3, -0.25) is 4.79 Å². The van der Waals surface area contributed by atoms with Crippen LogP contribution in [0, 0.1) is 11.3 Å². The van der Waals surface area contributed by atoms with Crippen LogP contribution in [0.1, 0.15) is 88.0 Å². The zero-order chi connectivity index (χ0) is 25.4. The molecule has 0 unspecified atom stereocenters. The van der Waals surface area contributed by atoms with E-state index in [0.717, 1.165) is 48.1 Å². The fourth-order valence-electron chi connectivity index (χ4n) is 6.29. The van der Waals surface area contributed by atoms with Crippen molar-refractivity contribution in [3.8, 4) is 0 Å². The molecule has 6 heteroatoms. The number of aryl methyl sites for hydroxylation is 1. The van der Waals surface area contributed by atoms with Gasteiger partial charge in [-0.1, -0.05) is 85.9 Å². The lowest BCUT2D eigenvalue weighted by Crippen LogP contribution is -2.53. The van der Waals surface area contributed by atoms with Crippen molar-refractivity contribution in [3.63, 3.8) is 0 Å². The van der Waals surface area contributed by atoms with E-state index in [4.69, 9.17) is 28.0 Å². The molecule has 188 valence electrons. The molecule has 0 aromatic heterocycles. The highest BCUT2D eigenvalue weighted by Gasteiger charge is 2.57. The Labute approximate surface area is 218 Å². The van der Waals surface area contributed by atoms with Crippen LogP contribution in [0.15, 0.2) is 41.6 Å². The topological polar surface area (TPSA) is 58.9 Å². The maximum absolute atomic E-state index is 12.5. The Morgan fingerprint density at radius 1 is 1.20 bits per heavy atom. The number of aliphatic carboxylic acids is 1. The van der Waals surface area contributed by atoms with Crippen molar-refractivity contribution < 1.29 is 14.7 Å². The van der Waals surface area contributed by atoms with Crippen LogP contribution >= 0.6 is 23.2 Å². The van der Waals surface area contributed by atoms with E-state index in [1.54, 1.807) is 0 Å². The highest BCUT2D eigenvalue weighted by atomic mass is 35.5. The van der Waals surface area contributed by atoms with E-state index in [2.05, 4.69) is 38.1 Å². The van der Waals surface area contributed by atoms with Crippen molar-refractivity contribution in [2.24, 2.45) is 16.5 Å². The third-order valence-corrected chi connectivity index (χ3v) is 8.98. The molecule has 2 aliphatic rings. The molecule has 4 nitrogen and oxygen atoms in total. The number of carboxylic acid groups (broad SMARTS) is 1. The van der Waals surface area contributed by atoms with Crippen molar-refractivity contribution >= 4 is 34.9 Å². The minimum atomic E-state index is -0.853. The van der Waals surface area contributed by atoms with E-state index in [1.165, 1.54) is 5.56 Å². The van der Waals surface area contributed by atoms with Gasteiger partial charge in [0.05, 0.1) is 16.1 Å². The van der Waals surface area contributed by atoms with Gasteiger partial charge in [0.1, 0.15) is 6.61 Å². The van der Waals surface area contributed by atoms with E-state index < -0.39 is 11.4 Å². The van der Waals surface area contributed by atoms with Crippen LogP contribution in [0.25, 0.3) is 0 Å². The number of hydrogen-bond donors (Lipinski definition) is 1. The Balaban J connectivity index is 1.72. The number of carboxylic acids is 1. The molecule has 35 heavy (non-hydrogen) atoms. The number of hydrogen-bond acceptors (Lipinski definition) is 3. The zero-order valence-corrected chi connectivity index (χ0v) is 22.5. The third kappa shape index (κ3) is 4.72. The number of halogens is 2. The van der Waals surface area contributed by atoms with Gasteiger partial charge >= 0.3 is 5.97 Å². The molecule has 4 rings (SSSR count). The molecule has 1 saturated carbocycles. The van der Waals surface area contributed by atoms with Gasteiger partial charge in [-0.05, 0) is 79.0 Å². The van der Waals surface area contributed by atoms with E-state index >= 15 is 0 Å². The van der Waals surface area contributed by atoms with Crippen LogP contribution in [-0.2, 0) is 21.5 Å². The van der Waals surface area contributed by atoms with Crippen LogP contribution in [0.3, 0.4) is 0 Å². The molecule has 2 aliphatic carbocycles. The van der Waals surface area contributed by atoms with Crippen LogP contribution in [0.2, 0.25) is 10.0 Å². The number of carbonyl (C=O) groups is 1. The summed E-state index contributed by atoms with van der Waals surface area (Å²) in [4.78, 5) is 18.3. The molecule has 3 atom stereocenters. The van der Waals surface area contributed by atoms with Crippen LogP contribution < -0.4 is 0 Å². The minimum absolute atomic E-state index is 0.127. The Hall–Kier alpha value is -2.04. The summed E-state index contributed by atoms with van der Waals surface area (Å²) >= 11 is 13.8. The second kappa shape index (κ2) is 10.1. The Morgan fingerprint density at radius 3 is 2.57 bits per heavy atom. The van der Waals surface area contributed by atoms with Gasteiger partial charge in [0.2, 0.25) is 0 Å². The second-order valence-electron chi connectivity index (χ2n) is 10.9. The van der Waals surface area contributed by atoms with E-state index in [9.17, 15) is 9.90 Å². The summed E-state index contributed by atoms with van der Waals surface area (Å²) in [5, 5.41) is 16.1. The molecular weight excluding hydrogens is 481 g/mol. The van der Waals surface area contributed by atoms with Gasteiger partial charge in [0, 0.05) is 10.6 Å². The fourth-order valence-corrected chi connectivity index (χ4v) is 7.29. The lowest BCUT2D eigenvalue weighted by atomic mass is 9.49. The van der Waals surface area contributed by atoms with Crippen molar-refractivity contribution in [1.82, 2.24) is 0 Å². The summed E-state index contributed by atoms with van der Waals surface area (Å²) in [5.41, 5.74) is 3.59. The molecule has 0 heterocycles. The first kappa shape index (κ1) is 26.0. The fraction of sp³-hybridized carbons (Fsp3) is 0.517. The van der Waals surface area contributed by atoms with E-state index in [-0.39, 0.29) is 17.3 Å². The monoisotopic (exact) mass is 515 g/mol. The highest BCUT2D eigenvalue weighted by molar-refractivity contribution is 6.39. The van der Waals surface area contributed by atoms with Crippen molar-refractivity contribution in [1.29, 1.82) is 0 Å². The molecule has 0 aliphatic heterocycles. The van der Waals surface area contributed by atoms with Crippen LogP contribution in [0.4, 0.5) is 0 Å². The summed E-state index contributed by atoms with van der Waals surface area (Å²) in [6.07, 6.45) is 4.66. The molecule has 2 aromatic carbocycles. The summed E-state index contributed by atoms with van der Waals surface area (Å²) in [6.45, 7) is 8.69. The smallest absolute Gasteiger partial charge is 0.309 e. The first-order valence-corrected chi connectivity index (χ1v) is 13.3. The summed E-state index contributed by atoms with van der Waals surface area (Å²) in [7, 11) is 0. The summed E-state index contributed by atoms with van der Waals surface area (Å²) < 4.78 is 0. The Bertz CT molecular complexity index is 1130. The quantitative estimate of drug-likeness (QED) is 0.299. The summed E-state index contributed by atoms with van der Waals surface area (Å²) in [5.74, 6) is -0.733. The zero-order valence-electron chi connectivity index (χ0n) is 21.0. The number of oxime groups is 1. The minimum Gasteiger partial charge on any atom is -0.481 e. The van der Waals surface area contributed by atoms with Gasteiger partial charge in [0.25, 0.3) is 0 Å². The number of rotatable bonds is 7. The van der Waals surface area contributed by atoms with Gasteiger partial charge in [-0.25, -0.2) is 0 Å². The molecule has 0 saturated heterocycles. The van der Waals surface area contributed by atoms with Crippen LogP contribution in [-0.4, -0.2) is 23.4 Å². The Kier molecular flexibility index (Phi) is 7.54. The van der Waals surface area contributed by atoms with Crippen molar-refractivity contribution in [2.45, 2.75) is 77.6 Å². The Morgan fingerprint density at radius 2 is 1.91 bits per heavy atom. The lowest BCUT2D eigenvalue weighted by molar-refractivity contribution is -0.156. The molecule has 0 bridgehead atoms. The molecular formula is C29H35Cl2NO3. The standard InChI is InChI=1S/C29H35Cl2NO3/c1-18(2)24-21(30)16-20-25(26(24)31)22(32-35-15-8-12-19-10-6-5-7-11-19)17-23-28(20,3)13-9-14-29(23,4)27(33)34/h5-7,10-11,16,18,23H,8-9,12-15,17H2,1-4H3,(H,33,34)/b32-22+/t23-,28-,29-/m1/s1. The first-order chi connectivity index (χ1) is 16.6. The SMILES string of the molecule is CC(C)c1c(Cl)cc2c(c1Cl)/C(=N/OCCCc1ccccc1)C[C@H]1[C@](C)(C(=O)O)CCC[C@]21C. The average Bonchev–Trinajstić information content (AvgIpc) is 2.80. The van der Waals surface area contributed by atoms with Crippen molar-refractivity contribution in [2.75, 3.05) is 6.61 Å². The first-order valence-electron chi connectivity index (χ1n) is 12.6. The van der Waals surface area contributed by atoms with E-state index in [0.29, 0.717) is 29.5 Å². The normalized spacial score (nSPS) is 26.9. The molecule has 0 spiro atoms.